The molecule has 1 aliphatic heterocycles. The Hall–Kier alpha value is -0.910. The molecule has 0 bridgehead atoms. The van der Waals surface area contributed by atoms with Crippen LogP contribution in [0.3, 0.4) is 0 Å². The minimum Gasteiger partial charge on any atom is -0.329 e. The molecule has 1 unspecified atom stereocenters. The molecule has 0 radical (unpaired) electrons. The normalized spacial score (nSPS) is 24.0. The van der Waals surface area contributed by atoms with Crippen LogP contribution in [0.4, 0.5) is 0 Å². The van der Waals surface area contributed by atoms with Crippen LogP contribution in [0.5, 0.6) is 0 Å². The van der Waals surface area contributed by atoms with Crippen LogP contribution < -0.4 is 5.73 Å². The Morgan fingerprint density at radius 2 is 2.24 bits per heavy atom. The smallest absolute Gasteiger partial charge is 0.218 e. The lowest BCUT2D eigenvalue weighted by atomic mass is 10.1. The van der Waals surface area contributed by atoms with Gasteiger partial charge in [-0.05, 0) is 18.9 Å². The van der Waals surface area contributed by atoms with E-state index in [0.29, 0.717) is 19.5 Å². The van der Waals surface area contributed by atoms with Crippen LogP contribution >= 0.6 is 0 Å². The van der Waals surface area contributed by atoms with Gasteiger partial charge in [-0.25, -0.2) is 8.42 Å². The summed E-state index contributed by atoms with van der Waals surface area (Å²) in [6, 6.07) is 7.93. The first kappa shape index (κ1) is 12.5. The Morgan fingerprint density at radius 3 is 2.82 bits per heavy atom. The Labute approximate surface area is 102 Å². The van der Waals surface area contributed by atoms with Crippen LogP contribution in [0.25, 0.3) is 0 Å². The molecule has 0 amide bonds. The first-order valence-corrected chi connectivity index (χ1v) is 7.29. The summed E-state index contributed by atoms with van der Waals surface area (Å²) < 4.78 is 25.7. The zero-order chi connectivity index (χ0) is 12.5. The molecule has 1 aromatic rings. The van der Waals surface area contributed by atoms with Crippen LogP contribution in [0.1, 0.15) is 17.5 Å². The van der Waals surface area contributed by atoms with Crippen molar-refractivity contribution in [2.45, 2.75) is 25.1 Å². The van der Waals surface area contributed by atoms with Crippen molar-refractivity contribution in [3.05, 3.63) is 35.4 Å². The van der Waals surface area contributed by atoms with E-state index in [0.717, 1.165) is 11.1 Å². The van der Waals surface area contributed by atoms with E-state index in [2.05, 4.69) is 0 Å². The molecule has 94 valence electrons. The van der Waals surface area contributed by atoms with Gasteiger partial charge in [0.2, 0.25) is 10.0 Å². The number of benzene rings is 1. The average Bonchev–Trinajstić information content (AvgIpc) is 2.54. The van der Waals surface area contributed by atoms with Crippen molar-refractivity contribution in [2.24, 2.45) is 5.73 Å². The van der Waals surface area contributed by atoms with E-state index in [9.17, 15) is 8.42 Å². The summed E-state index contributed by atoms with van der Waals surface area (Å²) in [6.45, 7) is 3.26. The number of hydrogen-bond acceptors (Lipinski definition) is 3. The van der Waals surface area contributed by atoms with E-state index in [1.54, 1.807) is 4.31 Å². The van der Waals surface area contributed by atoms with Crippen molar-refractivity contribution in [3.8, 4) is 0 Å². The topological polar surface area (TPSA) is 63.4 Å². The van der Waals surface area contributed by atoms with Crippen molar-refractivity contribution in [1.82, 2.24) is 4.31 Å². The van der Waals surface area contributed by atoms with Crippen LogP contribution in [0.15, 0.2) is 24.3 Å². The summed E-state index contributed by atoms with van der Waals surface area (Å²) >= 11 is 0. The quantitative estimate of drug-likeness (QED) is 0.870. The number of rotatable bonds is 3. The molecule has 0 saturated carbocycles. The number of sulfonamides is 1. The maximum Gasteiger partial charge on any atom is 0.218 e. The van der Waals surface area contributed by atoms with Gasteiger partial charge in [-0.3, -0.25) is 0 Å². The van der Waals surface area contributed by atoms with Gasteiger partial charge >= 0.3 is 0 Å². The van der Waals surface area contributed by atoms with E-state index in [4.69, 9.17) is 5.73 Å². The monoisotopic (exact) mass is 254 g/mol. The lowest BCUT2D eigenvalue weighted by Gasteiger charge is -2.16. The van der Waals surface area contributed by atoms with Crippen molar-refractivity contribution in [3.63, 3.8) is 0 Å². The van der Waals surface area contributed by atoms with Gasteiger partial charge in [0.1, 0.15) is 0 Å². The van der Waals surface area contributed by atoms with Gasteiger partial charge in [0.15, 0.2) is 0 Å². The molecule has 0 aromatic heterocycles. The number of nitrogens with two attached hydrogens (primary N) is 1. The summed E-state index contributed by atoms with van der Waals surface area (Å²) in [6.07, 6.45) is 0.644. The van der Waals surface area contributed by atoms with Crippen LogP contribution in [0.2, 0.25) is 0 Å². The van der Waals surface area contributed by atoms with Crippen molar-refractivity contribution in [2.75, 3.05) is 13.1 Å². The molecule has 1 atom stereocenters. The second-order valence-corrected chi connectivity index (χ2v) is 6.73. The first-order chi connectivity index (χ1) is 8.04. The summed E-state index contributed by atoms with van der Waals surface area (Å²) in [7, 11) is -3.18. The standard InChI is InChI=1S/C12H18N2O2S/c1-10-3-2-4-11(7-10)9-14-6-5-12(8-13)17(14,15)16/h2-4,7,12H,5-6,8-9,13H2,1H3. The molecule has 1 aliphatic rings. The molecule has 17 heavy (non-hydrogen) atoms. The van der Waals surface area contributed by atoms with Gasteiger partial charge in [0.25, 0.3) is 0 Å². The number of nitrogens with zero attached hydrogens (tertiary/aromatic N) is 1. The molecule has 0 aliphatic carbocycles. The predicted octanol–water partition coefficient (Wildman–Crippen LogP) is 0.858. The molecule has 2 N–H and O–H groups in total. The maximum atomic E-state index is 12.1. The van der Waals surface area contributed by atoms with Crippen LogP contribution in [0, 0.1) is 6.92 Å². The predicted molar refractivity (Wildman–Crippen MR) is 68.0 cm³/mol. The summed E-state index contributed by atoms with van der Waals surface area (Å²) in [4.78, 5) is 0. The summed E-state index contributed by atoms with van der Waals surface area (Å²) in [5, 5.41) is -0.396. The largest absolute Gasteiger partial charge is 0.329 e. The highest BCUT2D eigenvalue weighted by molar-refractivity contribution is 7.90. The lowest BCUT2D eigenvalue weighted by Crippen LogP contribution is -2.32. The van der Waals surface area contributed by atoms with Crippen molar-refractivity contribution < 1.29 is 8.42 Å². The first-order valence-electron chi connectivity index (χ1n) is 5.78. The summed E-state index contributed by atoms with van der Waals surface area (Å²) in [5.41, 5.74) is 7.66. The van der Waals surface area contributed by atoms with Gasteiger partial charge in [-0.2, -0.15) is 4.31 Å². The molecule has 2 rings (SSSR count). The SMILES string of the molecule is Cc1cccc(CN2CCC(CN)S2(=O)=O)c1. The fraction of sp³-hybridized carbons (Fsp3) is 0.500. The zero-order valence-corrected chi connectivity index (χ0v) is 10.8. The fourth-order valence-electron chi connectivity index (χ4n) is 2.20. The highest BCUT2D eigenvalue weighted by Crippen LogP contribution is 2.23. The number of hydrogen-bond donors (Lipinski definition) is 1. The van der Waals surface area contributed by atoms with E-state index in [1.807, 2.05) is 31.2 Å². The van der Waals surface area contributed by atoms with E-state index >= 15 is 0 Å². The van der Waals surface area contributed by atoms with Gasteiger partial charge < -0.3 is 5.73 Å². The molecule has 1 saturated heterocycles. The molecule has 1 aromatic carbocycles. The third kappa shape index (κ3) is 2.51. The number of aryl methyl sites for hydroxylation is 1. The summed E-state index contributed by atoms with van der Waals surface area (Å²) in [5.74, 6) is 0. The molecule has 5 heteroatoms. The van der Waals surface area contributed by atoms with Gasteiger partial charge in [0, 0.05) is 19.6 Å². The minimum atomic E-state index is -3.18. The lowest BCUT2D eigenvalue weighted by molar-refractivity contribution is 0.439. The molecular weight excluding hydrogens is 236 g/mol. The minimum absolute atomic E-state index is 0.215. The zero-order valence-electron chi connectivity index (χ0n) is 9.96. The molecule has 4 nitrogen and oxygen atoms in total. The molecular formula is C12H18N2O2S. The second kappa shape index (κ2) is 4.76. The van der Waals surface area contributed by atoms with Gasteiger partial charge in [0.05, 0.1) is 5.25 Å². The average molecular weight is 254 g/mol. The van der Waals surface area contributed by atoms with Crippen LogP contribution in [-0.4, -0.2) is 31.1 Å². The Morgan fingerprint density at radius 1 is 1.47 bits per heavy atom. The van der Waals surface area contributed by atoms with Gasteiger partial charge in [-0.1, -0.05) is 29.8 Å². The van der Waals surface area contributed by atoms with Gasteiger partial charge in [-0.15, -0.1) is 0 Å². The molecule has 0 spiro atoms. The van der Waals surface area contributed by atoms with Crippen molar-refractivity contribution in [1.29, 1.82) is 0 Å². The van der Waals surface area contributed by atoms with Crippen molar-refractivity contribution >= 4 is 10.0 Å². The third-order valence-corrected chi connectivity index (χ3v) is 5.49. The van der Waals surface area contributed by atoms with E-state index < -0.39 is 15.3 Å². The highest BCUT2D eigenvalue weighted by Gasteiger charge is 2.37. The Bertz CT molecular complexity index is 499. The molecule has 1 heterocycles. The van der Waals surface area contributed by atoms with E-state index in [-0.39, 0.29) is 6.54 Å². The van der Waals surface area contributed by atoms with E-state index in [1.165, 1.54) is 0 Å². The molecule has 1 fully saturated rings. The maximum absolute atomic E-state index is 12.1. The third-order valence-electron chi connectivity index (χ3n) is 3.19. The Balaban J connectivity index is 2.16. The highest BCUT2D eigenvalue weighted by atomic mass is 32.2. The Kier molecular flexibility index (Phi) is 3.51. The van der Waals surface area contributed by atoms with Crippen LogP contribution in [-0.2, 0) is 16.6 Å². The fourth-order valence-corrected chi connectivity index (χ4v) is 3.95. The second-order valence-electron chi connectivity index (χ2n) is 4.51.